The fourth-order valence-corrected chi connectivity index (χ4v) is 2.74. The van der Waals surface area contributed by atoms with Crippen LogP contribution in [0.1, 0.15) is 22.3 Å². The average Bonchev–Trinajstić information content (AvgIpc) is 2.51. The lowest BCUT2D eigenvalue weighted by Crippen LogP contribution is -2.02. The quantitative estimate of drug-likeness (QED) is 0.708. The first-order chi connectivity index (χ1) is 10.5. The summed E-state index contributed by atoms with van der Waals surface area (Å²) in [5, 5.41) is 1.14. The van der Waals surface area contributed by atoms with Crippen molar-refractivity contribution in [2.75, 3.05) is 14.2 Å². The van der Waals surface area contributed by atoms with Crippen molar-refractivity contribution in [3.63, 3.8) is 0 Å². The maximum absolute atomic E-state index is 12.3. The Labute approximate surface area is 139 Å². The van der Waals surface area contributed by atoms with E-state index in [1.807, 2.05) is 12.1 Å². The Hall–Kier alpha value is -1.71. The molecule has 0 spiro atoms. The molecule has 2 aromatic rings. The summed E-state index contributed by atoms with van der Waals surface area (Å²) in [5.74, 6) is 1.16. The molecular weight excluding hydrogens is 323 g/mol. The summed E-state index contributed by atoms with van der Waals surface area (Å²) in [7, 11) is 3.10. The molecule has 0 aliphatic heterocycles. The monoisotopic (exact) mass is 338 g/mol. The summed E-state index contributed by atoms with van der Waals surface area (Å²) in [5.41, 5.74) is 1.53. The van der Waals surface area contributed by atoms with Crippen molar-refractivity contribution in [2.24, 2.45) is 0 Å². The molecule has 0 saturated heterocycles. The van der Waals surface area contributed by atoms with Crippen LogP contribution < -0.4 is 9.47 Å². The molecular formula is C17H16Cl2O3. The van der Waals surface area contributed by atoms with Crippen LogP contribution in [0.2, 0.25) is 10.0 Å². The number of ketones is 1. The number of aryl methyl sites for hydroxylation is 1. The maximum Gasteiger partial charge on any atom is 0.163 e. The molecule has 0 radical (unpaired) electrons. The van der Waals surface area contributed by atoms with Gasteiger partial charge >= 0.3 is 0 Å². The first-order valence-electron chi connectivity index (χ1n) is 6.73. The fourth-order valence-electron chi connectivity index (χ4n) is 2.17. The minimum Gasteiger partial charge on any atom is -0.493 e. The van der Waals surface area contributed by atoms with Gasteiger partial charge in [0.25, 0.3) is 0 Å². The van der Waals surface area contributed by atoms with Crippen LogP contribution in [-0.4, -0.2) is 20.0 Å². The third-order valence-electron chi connectivity index (χ3n) is 3.27. The molecule has 0 aliphatic rings. The smallest absolute Gasteiger partial charge is 0.163 e. The van der Waals surface area contributed by atoms with Crippen LogP contribution in [0.15, 0.2) is 36.4 Å². The summed E-state index contributed by atoms with van der Waals surface area (Å²) < 4.78 is 10.4. The van der Waals surface area contributed by atoms with Gasteiger partial charge in [0.15, 0.2) is 17.3 Å². The molecule has 0 N–H and O–H groups in total. The predicted octanol–water partition coefficient (Wildman–Crippen LogP) is 4.83. The number of benzene rings is 2. The van der Waals surface area contributed by atoms with Crippen molar-refractivity contribution in [1.82, 2.24) is 0 Å². The second-order valence-corrected chi connectivity index (χ2v) is 5.64. The molecule has 22 heavy (non-hydrogen) atoms. The first kappa shape index (κ1) is 16.7. The Morgan fingerprint density at radius 2 is 1.59 bits per heavy atom. The Kier molecular flexibility index (Phi) is 5.69. The summed E-state index contributed by atoms with van der Waals surface area (Å²) in [4.78, 5) is 12.3. The Morgan fingerprint density at radius 3 is 2.18 bits per heavy atom. The van der Waals surface area contributed by atoms with Crippen molar-refractivity contribution in [2.45, 2.75) is 12.8 Å². The minimum absolute atomic E-state index is 0.0250. The van der Waals surface area contributed by atoms with Gasteiger partial charge in [-0.3, -0.25) is 4.79 Å². The molecule has 3 nitrogen and oxygen atoms in total. The van der Waals surface area contributed by atoms with Gasteiger partial charge in [-0.2, -0.15) is 0 Å². The molecule has 0 atom stereocenters. The lowest BCUT2D eigenvalue weighted by atomic mass is 10.0. The highest BCUT2D eigenvalue weighted by Crippen LogP contribution is 2.28. The standard InChI is InChI=1S/C17H16Cl2O3/c1-21-16-6-4-12(9-17(16)22-2)15(20)5-3-11-7-13(18)10-14(19)8-11/h4,6-10H,3,5H2,1-2H3. The molecule has 0 fully saturated rings. The average molecular weight is 339 g/mol. The van der Waals surface area contributed by atoms with E-state index in [-0.39, 0.29) is 5.78 Å². The van der Waals surface area contributed by atoms with Crippen molar-refractivity contribution in [1.29, 1.82) is 0 Å². The van der Waals surface area contributed by atoms with E-state index in [0.29, 0.717) is 39.9 Å². The van der Waals surface area contributed by atoms with Crippen LogP contribution in [0.3, 0.4) is 0 Å². The molecule has 0 saturated carbocycles. The van der Waals surface area contributed by atoms with Gasteiger partial charge in [-0.05, 0) is 48.4 Å². The second kappa shape index (κ2) is 7.52. The second-order valence-electron chi connectivity index (χ2n) is 4.77. The van der Waals surface area contributed by atoms with E-state index in [9.17, 15) is 4.79 Å². The number of Topliss-reactive ketones (excluding diaryl/α,β-unsaturated/α-hetero) is 1. The zero-order valence-electron chi connectivity index (χ0n) is 12.4. The minimum atomic E-state index is 0.0250. The number of hydrogen-bond donors (Lipinski definition) is 0. The molecule has 0 heterocycles. The lowest BCUT2D eigenvalue weighted by Gasteiger charge is -2.09. The van der Waals surface area contributed by atoms with Gasteiger partial charge in [0.1, 0.15) is 0 Å². The van der Waals surface area contributed by atoms with Crippen molar-refractivity contribution >= 4 is 29.0 Å². The van der Waals surface area contributed by atoms with Gasteiger partial charge in [-0.15, -0.1) is 0 Å². The maximum atomic E-state index is 12.3. The van der Waals surface area contributed by atoms with Crippen molar-refractivity contribution < 1.29 is 14.3 Å². The Morgan fingerprint density at radius 1 is 0.955 bits per heavy atom. The van der Waals surface area contributed by atoms with E-state index in [2.05, 4.69) is 0 Å². The molecule has 5 heteroatoms. The molecule has 2 rings (SSSR count). The zero-order valence-corrected chi connectivity index (χ0v) is 13.9. The van der Waals surface area contributed by atoms with E-state index in [0.717, 1.165) is 5.56 Å². The predicted molar refractivity (Wildman–Crippen MR) is 88.7 cm³/mol. The number of carbonyl (C=O) groups excluding carboxylic acids is 1. The van der Waals surface area contributed by atoms with Gasteiger partial charge in [-0.1, -0.05) is 23.2 Å². The van der Waals surface area contributed by atoms with Gasteiger partial charge < -0.3 is 9.47 Å². The number of hydrogen-bond acceptors (Lipinski definition) is 3. The largest absolute Gasteiger partial charge is 0.493 e. The lowest BCUT2D eigenvalue weighted by molar-refractivity contribution is 0.0982. The summed E-state index contributed by atoms with van der Waals surface area (Å²) >= 11 is 11.9. The third kappa shape index (κ3) is 4.15. The normalized spacial score (nSPS) is 10.4. The number of rotatable bonds is 6. The molecule has 0 bridgehead atoms. The van der Waals surface area contributed by atoms with Gasteiger partial charge in [0, 0.05) is 22.0 Å². The van der Waals surface area contributed by atoms with E-state index in [4.69, 9.17) is 32.7 Å². The topological polar surface area (TPSA) is 35.5 Å². The van der Waals surface area contributed by atoms with Crippen LogP contribution in [0.5, 0.6) is 11.5 Å². The molecule has 0 aromatic heterocycles. The van der Waals surface area contributed by atoms with E-state index < -0.39 is 0 Å². The first-order valence-corrected chi connectivity index (χ1v) is 7.49. The fraction of sp³-hybridized carbons (Fsp3) is 0.235. The van der Waals surface area contributed by atoms with Crippen molar-refractivity contribution in [3.05, 3.63) is 57.6 Å². The van der Waals surface area contributed by atoms with Crippen molar-refractivity contribution in [3.8, 4) is 11.5 Å². The van der Waals surface area contributed by atoms with Gasteiger partial charge in [0.2, 0.25) is 0 Å². The number of halogens is 2. The highest BCUT2D eigenvalue weighted by Gasteiger charge is 2.11. The van der Waals surface area contributed by atoms with Crippen LogP contribution in [0, 0.1) is 0 Å². The number of carbonyl (C=O) groups is 1. The third-order valence-corrected chi connectivity index (χ3v) is 3.71. The van der Waals surface area contributed by atoms with Crippen LogP contribution in [0.4, 0.5) is 0 Å². The van der Waals surface area contributed by atoms with Crippen LogP contribution in [-0.2, 0) is 6.42 Å². The Bertz CT molecular complexity index is 663. The highest BCUT2D eigenvalue weighted by molar-refractivity contribution is 6.34. The summed E-state index contributed by atoms with van der Waals surface area (Å²) in [6.07, 6.45) is 0.944. The molecule has 0 amide bonds. The number of methoxy groups -OCH3 is 2. The summed E-state index contributed by atoms with van der Waals surface area (Å²) in [6, 6.07) is 10.4. The van der Waals surface area contributed by atoms with E-state index in [1.165, 1.54) is 0 Å². The van der Waals surface area contributed by atoms with Gasteiger partial charge in [-0.25, -0.2) is 0 Å². The summed E-state index contributed by atoms with van der Waals surface area (Å²) in [6.45, 7) is 0. The van der Waals surface area contributed by atoms with Gasteiger partial charge in [0.05, 0.1) is 14.2 Å². The zero-order chi connectivity index (χ0) is 16.1. The Balaban J connectivity index is 2.09. The SMILES string of the molecule is COc1ccc(C(=O)CCc2cc(Cl)cc(Cl)c2)cc1OC. The van der Waals surface area contributed by atoms with E-state index in [1.54, 1.807) is 38.5 Å². The highest BCUT2D eigenvalue weighted by atomic mass is 35.5. The van der Waals surface area contributed by atoms with Crippen LogP contribution in [0.25, 0.3) is 0 Å². The van der Waals surface area contributed by atoms with E-state index >= 15 is 0 Å². The molecule has 0 aliphatic carbocycles. The molecule has 116 valence electrons. The molecule has 0 unspecified atom stereocenters. The number of ether oxygens (including phenoxy) is 2. The van der Waals surface area contributed by atoms with Crippen LogP contribution >= 0.6 is 23.2 Å². The molecule has 2 aromatic carbocycles.